The van der Waals surface area contributed by atoms with Gasteiger partial charge in [0.05, 0.1) is 5.57 Å². The first-order chi connectivity index (χ1) is 7.51. The van der Waals surface area contributed by atoms with Gasteiger partial charge in [0.15, 0.2) is 0 Å². The molecule has 0 bridgehead atoms. The number of hydrogen-bond acceptors (Lipinski definition) is 4. The Morgan fingerprint density at radius 1 is 1.29 bits per heavy atom. The van der Waals surface area contributed by atoms with E-state index in [0.717, 1.165) is 0 Å². The molecule has 0 saturated heterocycles. The zero-order valence-corrected chi connectivity index (χ0v) is 12.2. The van der Waals surface area contributed by atoms with Gasteiger partial charge in [-0.25, -0.2) is 4.79 Å². The molecule has 5 nitrogen and oxygen atoms in total. The topological polar surface area (TPSA) is 83.8 Å². The summed E-state index contributed by atoms with van der Waals surface area (Å²) in [6.45, 7) is 6.12. The number of hydrogen-bond donors (Lipinski definition) is 1. The van der Waals surface area contributed by atoms with E-state index in [9.17, 15) is 13.9 Å². The van der Waals surface area contributed by atoms with Gasteiger partial charge in [-0.3, -0.25) is 4.99 Å². The molecule has 1 heterocycles. The average molecular weight is 277 g/mol. The first-order valence-corrected chi connectivity index (χ1v) is 10.3. The van der Waals surface area contributed by atoms with Crippen molar-refractivity contribution in [2.24, 2.45) is 4.99 Å². The van der Waals surface area contributed by atoms with Gasteiger partial charge in [0, 0.05) is 18.8 Å². The van der Waals surface area contributed by atoms with Gasteiger partial charge in [-0.05, 0) is 26.7 Å². The van der Waals surface area contributed by atoms with E-state index in [0.29, 0.717) is 0 Å². The minimum absolute atomic E-state index is 0.0143. The highest BCUT2D eigenvalue weighted by Crippen LogP contribution is 2.71. The van der Waals surface area contributed by atoms with Crippen molar-refractivity contribution in [2.75, 3.05) is 26.7 Å². The molecule has 0 radical (unpaired) electrons. The van der Waals surface area contributed by atoms with E-state index >= 15 is 0 Å². The number of carbonyl (C=O) groups is 1. The zero-order chi connectivity index (χ0) is 13.5. The van der Waals surface area contributed by atoms with Crippen molar-refractivity contribution in [1.82, 2.24) is 0 Å². The van der Waals surface area contributed by atoms with Crippen LogP contribution in [0.25, 0.3) is 0 Å². The fourth-order valence-electron chi connectivity index (χ4n) is 1.99. The Hall–Kier alpha value is -0.660. The fraction of sp³-hybridized carbons (Fsp3) is 0.600. The van der Waals surface area contributed by atoms with Crippen molar-refractivity contribution in [1.29, 1.82) is 0 Å². The summed E-state index contributed by atoms with van der Waals surface area (Å²) >= 11 is 0. The Bertz CT molecular complexity index is 472. The van der Waals surface area contributed by atoms with Gasteiger partial charge in [-0.2, -0.15) is 0 Å². The maximum atomic E-state index is 12.4. The molecule has 7 heteroatoms. The largest absolute Gasteiger partial charge is 0.478 e. The number of carboxylic acids is 1. The predicted molar refractivity (Wildman–Crippen MR) is 70.5 cm³/mol. The lowest BCUT2D eigenvalue weighted by Crippen LogP contribution is -2.33. The second-order valence-corrected chi connectivity index (χ2v) is 12.3. The van der Waals surface area contributed by atoms with E-state index in [1.807, 2.05) is 0 Å². The third-order valence-electron chi connectivity index (χ3n) is 3.10. The molecule has 0 amide bonds. The molecule has 0 fully saturated rings. The lowest BCUT2D eigenvalue weighted by Gasteiger charge is -2.38. The standard InChI is InChI=1S/C10H17NO4P2/c1-16(2,14)10(17(3,4)15)5-8(9(12)13)6-11-7-10/h6-7H,5H2,1-4H3,(H,12,13). The third-order valence-corrected chi connectivity index (χ3v) is 10.3. The Balaban J connectivity index is 3.39. The van der Waals surface area contributed by atoms with Crippen LogP contribution in [-0.4, -0.2) is 48.8 Å². The number of nitrogens with zero attached hydrogens (tertiary/aromatic N) is 1. The summed E-state index contributed by atoms with van der Waals surface area (Å²) in [5.41, 5.74) is 0.0559. The Morgan fingerprint density at radius 2 is 1.76 bits per heavy atom. The van der Waals surface area contributed by atoms with Crippen molar-refractivity contribution in [3.8, 4) is 0 Å². The van der Waals surface area contributed by atoms with Crippen LogP contribution in [0.4, 0.5) is 0 Å². The van der Waals surface area contributed by atoms with Gasteiger partial charge in [0.1, 0.15) is 19.2 Å². The second-order valence-electron chi connectivity index (χ2n) is 4.99. The van der Waals surface area contributed by atoms with E-state index in [-0.39, 0.29) is 12.0 Å². The van der Waals surface area contributed by atoms with Crippen molar-refractivity contribution < 1.29 is 19.0 Å². The van der Waals surface area contributed by atoms with Crippen molar-refractivity contribution >= 4 is 26.5 Å². The molecule has 0 spiro atoms. The van der Waals surface area contributed by atoms with Gasteiger partial charge in [-0.1, -0.05) is 0 Å². The second kappa shape index (κ2) is 4.22. The van der Waals surface area contributed by atoms with Crippen LogP contribution in [0.1, 0.15) is 6.42 Å². The predicted octanol–water partition coefficient (Wildman–Crippen LogP) is 2.37. The van der Waals surface area contributed by atoms with Crippen LogP contribution in [0.5, 0.6) is 0 Å². The summed E-state index contributed by atoms with van der Waals surface area (Å²) in [6.07, 6.45) is 2.66. The van der Waals surface area contributed by atoms with Gasteiger partial charge >= 0.3 is 5.97 Å². The van der Waals surface area contributed by atoms with Gasteiger partial charge in [0.2, 0.25) is 0 Å². The molecule has 1 rings (SSSR count). The smallest absolute Gasteiger partial charge is 0.333 e. The summed E-state index contributed by atoms with van der Waals surface area (Å²) < 4.78 is 24.8. The quantitative estimate of drug-likeness (QED) is 0.802. The normalized spacial score (nSPS) is 19.9. The minimum atomic E-state index is -2.79. The maximum absolute atomic E-state index is 12.4. The number of aliphatic carboxylic acids is 1. The summed E-state index contributed by atoms with van der Waals surface area (Å²) in [5, 5.41) is 8.98. The molecule has 0 unspecified atom stereocenters. The molecule has 1 aliphatic rings. The molecule has 1 N–H and O–H groups in total. The van der Waals surface area contributed by atoms with Crippen LogP contribution < -0.4 is 0 Å². The van der Waals surface area contributed by atoms with E-state index < -0.39 is 25.2 Å². The first kappa shape index (κ1) is 14.4. The summed E-state index contributed by atoms with van der Waals surface area (Å²) in [7, 11) is -5.57. The molecule has 17 heavy (non-hydrogen) atoms. The van der Waals surface area contributed by atoms with Gasteiger partial charge < -0.3 is 14.2 Å². The molecule has 0 saturated carbocycles. The van der Waals surface area contributed by atoms with Crippen LogP contribution in [-0.2, 0) is 13.9 Å². The van der Waals surface area contributed by atoms with Crippen LogP contribution in [0.15, 0.2) is 16.8 Å². The molecule has 0 aliphatic carbocycles. The molecule has 0 atom stereocenters. The highest BCUT2D eigenvalue weighted by Gasteiger charge is 2.51. The number of rotatable bonds is 3. The number of carboxylic acid groups (broad SMARTS) is 1. The van der Waals surface area contributed by atoms with E-state index in [1.165, 1.54) is 39.1 Å². The Kier molecular flexibility index (Phi) is 3.58. The Labute approximate surface area is 101 Å². The lowest BCUT2D eigenvalue weighted by atomic mass is 10.1. The molecule has 0 aromatic heterocycles. The van der Waals surface area contributed by atoms with E-state index in [1.54, 1.807) is 0 Å². The van der Waals surface area contributed by atoms with Crippen molar-refractivity contribution in [2.45, 2.75) is 11.3 Å². The first-order valence-electron chi connectivity index (χ1n) is 5.08. The van der Waals surface area contributed by atoms with Crippen LogP contribution in [0.2, 0.25) is 0 Å². The summed E-state index contributed by atoms with van der Waals surface area (Å²) in [5.74, 6) is -1.10. The minimum Gasteiger partial charge on any atom is -0.478 e. The van der Waals surface area contributed by atoms with Crippen LogP contribution in [0.3, 0.4) is 0 Å². The number of aliphatic imine (C=N–C) groups is 1. The maximum Gasteiger partial charge on any atom is 0.333 e. The molecule has 0 aromatic carbocycles. The van der Waals surface area contributed by atoms with Crippen LogP contribution in [0, 0.1) is 0 Å². The molecular formula is C10H17NO4P2. The monoisotopic (exact) mass is 277 g/mol. The molecular weight excluding hydrogens is 260 g/mol. The van der Waals surface area contributed by atoms with Gasteiger partial charge in [-0.15, -0.1) is 0 Å². The van der Waals surface area contributed by atoms with E-state index in [4.69, 9.17) is 5.11 Å². The zero-order valence-electron chi connectivity index (χ0n) is 10.4. The summed E-state index contributed by atoms with van der Waals surface area (Å²) in [4.78, 5) is 13.7. The molecule has 1 aliphatic heterocycles. The third kappa shape index (κ3) is 2.46. The SMILES string of the molecule is CP(C)(=O)C1(P(C)(C)=O)C=NC=C(C(=O)O)C1. The summed E-state index contributed by atoms with van der Waals surface area (Å²) in [6, 6.07) is 0. The van der Waals surface area contributed by atoms with Gasteiger partial charge in [0.25, 0.3) is 0 Å². The highest BCUT2D eigenvalue weighted by molar-refractivity contribution is 7.83. The van der Waals surface area contributed by atoms with Crippen molar-refractivity contribution in [3.63, 3.8) is 0 Å². The van der Waals surface area contributed by atoms with E-state index in [2.05, 4.69) is 4.99 Å². The van der Waals surface area contributed by atoms with Crippen molar-refractivity contribution in [3.05, 3.63) is 11.8 Å². The molecule has 0 aromatic rings. The average Bonchev–Trinajstić information content (AvgIpc) is 2.14. The Morgan fingerprint density at radius 3 is 2.12 bits per heavy atom. The molecule has 96 valence electrons. The fourth-order valence-corrected chi connectivity index (χ4v) is 8.42. The van der Waals surface area contributed by atoms with Crippen LogP contribution >= 0.6 is 14.3 Å². The highest BCUT2D eigenvalue weighted by atomic mass is 31.2. The lowest BCUT2D eigenvalue weighted by molar-refractivity contribution is -0.132.